The third-order valence-electron chi connectivity index (χ3n) is 2.26. The highest BCUT2D eigenvalue weighted by Crippen LogP contribution is 1.98. The number of hydrogen-bond donors (Lipinski definition) is 1. The van der Waals surface area contributed by atoms with Crippen LogP contribution in [0.15, 0.2) is 0 Å². The minimum absolute atomic E-state index is 0.0223. The van der Waals surface area contributed by atoms with Crippen molar-refractivity contribution in [3.05, 3.63) is 0 Å². The van der Waals surface area contributed by atoms with Gasteiger partial charge in [-0.15, -0.1) is 0 Å². The van der Waals surface area contributed by atoms with Gasteiger partial charge in [-0.25, -0.2) is 0 Å². The van der Waals surface area contributed by atoms with Crippen molar-refractivity contribution < 1.29 is 9.53 Å². The molecule has 0 aromatic heterocycles. The molecule has 0 aromatic rings. The fourth-order valence-corrected chi connectivity index (χ4v) is 1.07. The molecule has 0 fully saturated rings. The third kappa shape index (κ3) is 7.33. The Labute approximate surface area is 92.8 Å². The zero-order chi connectivity index (χ0) is 11.8. The monoisotopic (exact) mass is 216 g/mol. The Morgan fingerprint density at radius 2 is 2.07 bits per heavy atom. The normalized spacial score (nSPS) is 12.9. The maximum atomic E-state index is 11.6. The summed E-state index contributed by atoms with van der Waals surface area (Å²) >= 11 is 0. The fraction of sp³-hybridized carbons (Fsp3) is 0.909. The van der Waals surface area contributed by atoms with Crippen LogP contribution >= 0.6 is 0 Å². The van der Waals surface area contributed by atoms with Crippen LogP contribution in [0.5, 0.6) is 0 Å². The van der Waals surface area contributed by atoms with Crippen LogP contribution < -0.4 is 5.73 Å². The van der Waals surface area contributed by atoms with Gasteiger partial charge in [-0.2, -0.15) is 0 Å². The Hall–Kier alpha value is -0.610. The number of carbonyl (C=O) groups is 1. The molecule has 4 heteroatoms. The van der Waals surface area contributed by atoms with Gasteiger partial charge in [0.2, 0.25) is 5.91 Å². The summed E-state index contributed by atoms with van der Waals surface area (Å²) in [5.41, 5.74) is 5.71. The summed E-state index contributed by atoms with van der Waals surface area (Å²) in [6.07, 6.45) is 1.47. The predicted octanol–water partition coefficient (Wildman–Crippen LogP) is 0.997. The van der Waals surface area contributed by atoms with Crippen LogP contribution in [-0.2, 0) is 9.53 Å². The number of amides is 1. The molecule has 1 atom stereocenters. The van der Waals surface area contributed by atoms with Crippen LogP contribution in [0.2, 0.25) is 0 Å². The van der Waals surface area contributed by atoms with E-state index in [4.69, 9.17) is 10.5 Å². The van der Waals surface area contributed by atoms with Gasteiger partial charge in [0, 0.05) is 26.1 Å². The molecule has 0 rings (SSSR count). The summed E-state index contributed by atoms with van der Waals surface area (Å²) in [5, 5.41) is 0. The number of rotatable bonds is 7. The second kappa shape index (κ2) is 7.65. The summed E-state index contributed by atoms with van der Waals surface area (Å²) in [5.74, 6) is 0.0942. The third-order valence-corrected chi connectivity index (χ3v) is 2.26. The number of carbonyl (C=O) groups excluding carboxylic acids is 1. The van der Waals surface area contributed by atoms with Crippen molar-refractivity contribution in [3.63, 3.8) is 0 Å². The standard InChI is InChI=1S/C11H24N2O2/c1-5-10(12)8-11(14)13(4)6-7-15-9(2)3/h9-10H,5-8,12H2,1-4H3. The molecule has 0 radical (unpaired) electrons. The lowest BCUT2D eigenvalue weighted by atomic mass is 10.1. The highest BCUT2D eigenvalue weighted by molar-refractivity contribution is 5.76. The van der Waals surface area contributed by atoms with E-state index in [2.05, 4.69) is 0 Å². The largest absolute Gasteiger partial charge is 0.377 e. The second-order valence-electron chi connectivity index (χ2n) is 4.11. The first-order valence-electron chi connectivity index (χ1n) is 5.58. The highest BCUT2D eigenvalue weighted by Gasteiger charge is 2.12. The molecule has 1 unspecified atom stereocenters. The van der Waals surface area contributed by atoms with Gasteiger partial charge in [0.25, 0.3) is 0 Å². The van der Waals surface area contributed by atoms with Crippen molar-refractivity contribution in [2.24, 2.45) is 5.73 Å². The van der Waals surface area contributed by atoms with Gasteiger partial charge >= 0.3 is 0 Å². The van der Waals surface area contributed by atoms with Crippen LogP contribution in [0.3, 0.4) is 0 Å². The van der Waals surface area contributed by atoms with Crippen molar-refractivity contribution >= 4 is 5.91 Å². The zero-order valence-corrected chi connectivity index (χ0v) is 10.3. The maximum absolute atomic E-state index is 11.6. The average molecular weight is 216 g/mol. The van der Waals surface area contributed by atoms with Crippen LogP contribution in [0.4, 0.5) is 0 Å². The van der Waals surface area contributed by atoms with Crippen molar-refractivity contribution in [1.29, 1.82) is 0 Å². The lowest BCUT2D eigenvalue weighted by Gasteiger charge is -2.19. The van der Waals surface area contributed by atoms with Crippen molar-refractivity contribution in [2.75, 3.05) is 20.2 Å². The van der Waals surface area contributed by atoms with Crippen LogP contribution in [0.25, 0.3) is 0 Å². The zero-order valence-electron chi connectivity index (χ0n) is 10.3. The molecule has 0 saturated heterocycles. The predicted molar refractivity (Wildman–Crippen MR) is 61.6 cm³/mol. The first-order valence-corrected chi connectivity index (χ1v) is 5.58. The number of hydrogen-bond acceptors (Lipinski definition) is 3. The quantitative estimate of drug-likeness (QED) is 0.690. The van der Waals surface area contributed by atoms with Crippen molar-refractivity contribution in [3.8, 4) is 0 Å². The van der Waals surface area contributed by atoms with Crippen LogP contribution in [0.1, 0.15) is 33.6 Å². The molecule has 90 valence electrons. The molecule has 2 N–H and O–H groups in total. The van der Waals surface area contributed by atoms with Crippen LogP contribution in [-0.4, -0.2) is 43.2 Å². The molecular formula is C11H24N2O2. The number of likely N-dealkylation sites (N-methyl/N-ethyl adjacent to an activating group) is 1. The van der Waals surface area contributed by atoms with Gasteiger partial charge in [-0.3, -0.25) is 4.79 Å². The molecule has 1 amide bonds. The minimum Gasteiger partial charge on any atom is -0.377 e. The van der Waals surface area contributed by atoms with E-state index in [-0.39, 0.29) is 18.1 Å². The van der Waals surface area contributed by atoms with Crippen molar-refractivity contribution in [2.45, 2.75) is 45.8 Å². The maximum Gasteiger partial charge on any atom is 0.223 e. The van der Waals surface area contributed by atoms with Gasteiger partial charge in [-0.1, -0.05) is 6.92 Å². The molecule has 0 spiro atoms. The second-order valence-corrected chi connectivity index (χ2v) is 4.11. The summed E-state index contributed by atoms with van der Waals surface area (Å²) < 4.78 is 5.37. The first-order chi connectivity index (χ1) is 6.97. The van der Waals surface area contributed by atoms with Gasteiger partial charge < -0.3 is 15.4 Å². The molecular weight excluding hydrogens is 192 g/mol. The fourth-order valence-electron chi connectivity index (χ4n) is 1.07. The molecule has 15 heavy (non-hydrogen) atoms. The summed E-state index contributed by atoms with van der Waals surface area (Å²) in [6, 6.07) is -0.0223. The average Bonchev–Trinajstić information content (AvgIpc) is 2.16. The summed E-state index contributed by atoms with van der Waals surface area (Å²) in [6.45, 7) is 7.16. The SMILES string of the molecule is CCC(N)CC(=O)N(C)CCOC(C)C. The summed E-state index contributed by atoms with van der Waals surface area (Å²) in [4.78, 5) is 13.3. The number of ether oxygens (including phenoxy) is 1. The lowest BCUT2D eigenvalue weighted by Crippen LogP contribution is -2.35. The Balaban J connectivity index is 3.69. The van der Waals surface area contributed by atoms with Gasteiger partial charge in [0.05, 0.1) is 12.7 Å². The first kappa shape index (κ1) is 14.4. The van der Waals surface area contributed by atoms with Crippen molar-refractivity contribution in [1.82, 2.24) is 4.90 Å². The van der Waals surface area contributed by atoms with E-state index >= 15 is 0 Å². The van der Waals surface area contributed by atoms with E-state index < -0.39 is 0 Å². The Bertz CT molecular complexity index is 183. The van der Waals surface area contributed by atoms with E-state index in [0.29, 0.717) is 19.6 Å². The topological polar surface area (TPSA) is 55.6 Å². The van der Waals surface area contributed by atoms with Gasteiger partial charge in [0.1, 0.15) is 0 Å². The van der Waals surface area contributed by atoms with Crippen LogP contribution in [0, 0.1) is 0 Å². The smallest absolute Gasteiger partial charge is 0.223 e. The summed E-state index contributed by atoms with van der Waals surface area (Å²) in [7, 11) is 1.79. The molecule has 0 saturated carbocycles. The molecule has 0 aliphatic heterocycles. The minimum atomic E-state index is -0.0223. The highest BCUT2D eigenvalue weighted by atomic mass is 16.5. The van der Waals surface area contributed by atoms with E-state index in [1.54, 1.807) is 11.9 Å². The van der Waals surface area contributed by atoms with E-state index in [9.17, 15) is 4.79 Å². The lowest BCUT2D eigenvalue weighted by molar-refractivity contribution is -0.131. The molecule has 0 heterocycles. The molecule has 0 aromatic carbocycles. The Morgan fingerprint density at radius 1 is 1.47 bits per heavy atom. The molecule has 0 aliphatic carbocycles. The van der Waals surface area contributed by atoms with E-state index in [1.807, 2.05) is 20.8 Å². The molecule has 4 nitrogen and oxygen atoms in total. The molecule has 0 bridgehead atoms. The molecule has 0 aliphatic rings. The Morgan fingerprint density at radius 3 is 2.53 bits per heavy atom. The van der Waals surface area contributed by atoms with E-state index in [1.165, 1.54) is 0 Å². The Kier molecular flexibility index (Phi) is 7.34. The number of nitrogens with zero attached hydrogens (tertiary/aromatic N) is 1. The number of nitrogens with two attached hydrogens (primary N) is 1. The van der Waals surface area contributed by atoms with Gasteiger partial charge in [0.15, 0.2) is 0 Å². The van der Waals surface area contributed by atoms with Gasteiger partial charge in [-0.05, 0) is 20.3 Å². The van der Waals surface area contributed by atoms with E-state index in [0.717, 1.165) is 6.42 Å².